The predicted octanol–water partition coefficient (Wildman–Crippen LogP) is 4.52. The van der Waals surface area contributed by atoms with Crippen molar-refractivity contribution in [1.82, 2.24) is 24.6 Å². The molecule has 3 heterocycles. The molecule has 0 spiro atoms. The number of hydrogen-bond donors (Lipinski definition) is 0. The molecule has 0 aliphatic rings. The van der Waals surface area contributed by atoms with Crippen molar-refractivity contribution in [2.75, 3.05) is 19.4 Å². The number of rotatable bonds is 10. The minimum Gasteiger partial charge on any atom is -0.497 e. The number of imidazole rings is 1. The summed E-state index contributed by atoms with van der Waals surface area (Å²) in [6.45, 7) is 2.93. The van der Waals surface area contributed by atoms with Crippen molar-refractivity contribution < 1.29 is 13.9 Å². The fraction of sp³-hybridized carbons (Fsp3) is 0.273. The summed E-state index contributed by atoms with van der Waals surface area (Å²) in [5, 5.41) is 10.9. The molecule has 1 amide bonds. The molecule has 32 heavy (non-hydrogen) atoms. The van der Waals surface area contributed by atoms with Crippen molar-refractivity contribution in [2.24, 2.45) is 0 Å². The van der Waals surface area contributed by atoms with Crippen LogP contribution in [-0.2, 0) is 11.3 Å². The Morgan fingerprint density at radius 1 is 1.28 bits per heavy atom. The maximum Gasteiger partial charge on any atom is 0.257 e. The third-order valence-electron chi connectivity index (χ3n) is 4.63. The van der Waals surface area contributed by atoms with Crippen molar-refractivity contribution in [2.45, 2.75) is 25.0 Å². The standard InChI is InChI=1S/C22H23N5O3S2/c1-3-10-26(14-19-24-25-21(30-19)18-8-5-12-31-18)20(28)15-32-22-23-9-11-27(22)16-6-4-7-17(13-16)29-2/h4-9,11-13H,3,10,14-15H2,1-2H3. The molecule has 3 aromatic heterocycles. The summed E-state index contributed by atoms with van der Waals surface area (Å²) in [7, 11) is 1.64. The van der Waals surface area contributed by atoms with E-state index < -0.39 is 0 Å². The van der Waals surface area contributed by atoms with Gasteiger partial charge >= 0.3 is 0 Å². The van der Waals surface area contributed by atoms with Gasteiger partial charge in [-0.1, -0.05) is 30.8 Å². The number of aromatic nitrogens is 4. The Morgan fingerprint density at radius 2 is 2.19 bits per heavy atom. The molecule has 4 rings (SSSR count). The van der Waals surface area contributed by atoms with Gasteiger partial charge in [-0.25, -0.2) is 4.98 Å². The van der Waals surface area contributed by atoms with Crippen molar-refractivity contribution in [1.29, 1.82) is 0 Å². The summed E-state index contributed by atoms with van der Waals surface area (Å²) in [6.07, 6.45) is 4.43. The summed E-state index contributed by atoms with van der Waals surface area (Å²) in [4.78, 5) is 20.1. The van der Waals surface area contributed by atoms with Gasteiger partial charge in [0.1, 0.15) is 5.75 Å². The first-order chi connectivity index (χ1) is 15.7. The number of thiophene rings is 1. The van der Waals surface area contributed by atoms with E-state index in [1.807, 2.05) is 59.5 Å². The highest BCUT2D eigenvalue weighted by atomic mass is 32.2. The second-order valence-corrected chi connectivity index (χ2v) is 8.75. The van der Waals surface area contributed by atoms with Gasteiger partial charge in [-0.05, 0) is 30.0 Å². The maximum atomic E-state index is 13.0. The molecule has 0 unspecified atom stereocenters. The van der Waals surface area contributed by atoms with Crippen LogP contribution in [0.4, 0.5) is 0 Å². The van der Waals surface area contributed by atoms with Gasteiger partial charge in [-0.15, -0.1) is 21.5 Å². The summed E-state index contributed by atoms with van der Waals surface area (Å²) in [5.41, 5.74) is 0.925. The summed E-state index contributed by atoms with van der Waals surface area (Å²) in [5.74, 6) is 1.92. The van der Waals surface area contributed by atoms with Crippen molar-refractivity contribution >= 4 is 29.0 Å². The molecule has 8 nitrogen and oxygen atoms in total. The van der Waals surface area contributed by atoms with Gasteiger partial charge in [0, 0.05) is 25.0 Å². The molecule has 0 bridgehead atoms. The average Bonchev–Trinajstić information content (AvgIpc) is 3.59. The molecule has 0 saturated carbocycles. The van der Waals surface area contributed by atoms with E-state index in [-0.39, 0.29) is 18.2 Å². The number of nitrogens with zero attached hydrogens (tertiary/aromatic N) is 5. The summed E-state index contributed by atoms with van der Waals surface area (Å²) in [6, 6.07) is 11.6. The third kappa shape index (κ3) is 5.20. The number of methoxy groups -OCH3 is 1. The van der Waals surface area contributed by atoms with Crippen LogP contribution >= 0.6 is 23.1 Å². The molecule has 0 fully saturated rings. The van der Waals surface area contributed by atoms with Gasteiger partial charge in [-0.3, -0.25) is 9.36 Å². The third-order valence-corrected chi connectivity index (χ3v) is 6.44. The van der Waals surface area contributed by atoms with Gasteiger partial charge < -0.3 is 14.1 Å². The number of benzene rings is 1. The zero-order valence-electron chi connectivity index (χ0n) is 17.8. The number of ether oxygens (including phenoxy) is 1. The topological polar surface area (TPSA) is 86.3 Å². The lowest BCUT2D eigenvalue weighted by molar-refractivity contribution is -0.129. The zero-order chi connectivity index (χ0) is 22.3. The van der Waals surface area contributed by atoms with E-state index in [4.69, 9.17) is 9.15 Å². The lowest BCUT2D eigenvalue weighted by Gasteiger charge is -2.20. The Hall–Kier alpha value is -3.11. The van der Waals surface area contributed by atoms with E-state index >= 15 is 0 Å². The highest BCUT2D eigenvalue weighted by Crippen LogP contribution is 2.25. The van der Waals surface area contributed by atoms with E-state index in [1.54, 1.807) is 18.2 Å². The quantitative estimate of drug-likeness (QED) is 0.316. The molecule has 10 heteroatoms. The van der Waals surface area contributed by atoms with Gasteiger partial charge in [0.05, 0.1) is 30.0 Å². The molecule has 166 valence electrons. The Bertz CT molecular complexity index is 1160. The Labute approximate surface area is 194 Å². The molecule has 0 radical (unpaired) electrons. The molecular formula is C22H23N5O3S2. The Kier molecular flexibility index (Phi) is 7.23. The van der Waals surface area contributed by atoms with Crippen LogP contribution in [0.25, 0.3) is 16.5 Å². The van der Waals surface area contributed by atoms with Gasteiger partial charge in [0.25, 0.3) is 5.89 Å². The van der Waals surface area contributed by atoms with Gasteiger partial charge in [0.2, 0.25) is 11.8 Å². The van der Waals surface area contributed by atoms with Crippen LogP contribution < -0.4 is 4.74 Å². The number of carbonyl (C=O) groups is 1. The fourth-order valence-corrected chi connectivity index (χ4v) is 4.63. The Balaban J connectivity index is 1.41. The minimum atomic E-state index is -0.00656. The lowest BCUT2D eigenvalue weighted by Crippen LogP contribution is -2.32. The van der Waals surface area contributed by atoms with Crippen LogP contribution in [0.2, 0.25) is 0 Å². The van der Waals surface area contributed by atoms with Crippen LogP contribution in [0.5, 0.6) is 5.75 Å². The van der Waals surface area contributed by atoms with Gasteiger partial charge in [-0.2, -0.15) is 0 Å². The van der Waals surface area contributed by atoms with Crippen LogP contribution in [0.3, 0.4) is 0 Å². The maximum absolute atomic E-state index is 13.0. The Morgan fingerprint density at radius 3 is 2.97 bits per heavy atom. The number of carbonyl (C=O) groups excluding carboxylic acids is 1. The fourth-order valence-electron chi connectivity index (χ4n) is 3.11. The van der Waals surface area contributed by atoms with Crippen LogP contribution in [-0.4, -0.2) is 50.0 Å². The lowest BCUT2D eigenvalue weighted by atomic mass is 10.3. The highest BCUT2D eigenvalue weighted by molar-refractivity contribution is 7.99. The van der Waals surface area contributed by atoms with E-state index in [0.29, 0.717) is 18.3 Å². The SMILES string of the molecule is CCCN(Cc1nnc(-c2cccs2)o1)C(=O)CSc1nccn1-c1cccc(OC)c1. The molecule has 0 atom stereocenters. The van der Waals surface area contributed by atoms with Crippen LogP contribution in [0, 0.1) is 0 Å². The normalized spacial score (nSPS) is 10.9. The molecule has 0 saturated heterocycles. The van der Waals surface area contributed by atoms with Crippen LogP contribution in [0.15, 0.2) is 63.7 Å². The van der Waals surface area contributed by atoms with E-state index in [2.05, 4.69) is 15.2 Å². The highest BCUT2D eigenvalue weighted by Gasteiger charge is 2.19. The summed E-state index contributed by atoms with van der Waals surface area (Å²) >= 11 is 2.93. The number of amides is 1. The minimum absolute atomic E-state index is 0.00656. The molecule has 4 aromatic rings. The molecular weight excluding hydrogens is 446 g/mol. The number of hydrogen-bond acceptors (Lipinski definition) is 8. The van der Waals surface area contributed by atoms with Crippen molar-refractivity contribution in [3.63, 3.8) is 0 Å². The van der Waals surface area contributed by atoms with E-state index in [9.17, 15) is 4.79 Å². The average molecular weight is 470 g/mol. The van der Waals surface area contributed by atoms with Crippen molar-refractivity contribution in [3.8, 4) is 22.2 Å². The summed E-state index contributed by atoms with van der Waals surface area (Å²) < 4.78 is 13.0. The van der Waals surface area contributed by atoms with Crippen LogP contribution in [0.1, 0.15) is 19.2 Å². The zero-order valence-corrected chi connectivity index (χ0v) is 19.4. The van der Waals surface area contributed by atoms with Gasteiger partial charge in [0.15, 0.2) is 5.16 Å². The van der Waals surface area contributed by atoms with Crippen molar-refractivity contribution in [3.05, 3.63) is 60.1 Å². The predicted molar refractivity (Wildman–Crippen MR) is 124 cm³/mol. The van der Waals surface area contributed by atoms with E-state index in [1.165, 1.54) is 23.1 Å². The first-order valence-electron chi connectivity index (χ1n) is 10.1. The molecule has 0 aliphatic carbocycles. The second-order valence-electron chi connectivity index (χ2n) is 6.86. The monoisotopic (exact) mass is 469 g/mol. The largest absolute Gasteiger partial charge is 0.497 e. The first-order valence-corrected chi connectivity index (χ1v) is 12.0. The molecule has 0 aliphatic heterocycles. The first kappa shape index (κ1) is 22.1. The smallest absolute Gasteiger partial charge is 0.257 e. The second kappa shape index (κ2) is 10.5. The van der Waals surface area contributed by atoms with E-state index in [0.717, 1.165) is 27.9 Å². The molecule has 0 N–H and O–H groups in total. The number of thioether (sulfide) groups is 1. The molecule has 1 aromatic carbocycles.